The summed E-state index contributed by atoms with van der Waals surface area (Å²) < 4.78 is 0. The molecule has 0 radical (unpaired) electrons. The van der Waals surface area contributed by atoms with E-state index in [1.165, 1.54) is 25.7 Å². The maximum atomic E-state index is 5.69. The van der Waals surface area contributed by atoms with E-state index in [1.54, 1.807) is 0 Å². The molecular formula is C12H20N4S. The smallest absolute Gasteiger partial charge is 0.223 e. The van der Waals surface area contributed by atoms with E-state index in [9.17, 15) is 0 Å². The van der Waals surface area contributed by atoms with E-state index in [2.05, 4.69) is 22.2 Å². The number of rotatable bonds is 3. The Labute approximate surface area is 107 Å². The van der Waals surface area contributed by atoms with Crippen LogP contribution in [0, 0.1) is 5.92 Å². The van der Waals surface area contributed by atoms with Crippen LogP contribution in [0.2, 0.25) is 0 Å². The number of anilines is 2. The first kappa shape index (κ1) is 12.5. The molecule has 1 fully saturated rings. The van der Waals surface area contributed by atoms with Crippen LogP contribution in [0.4, 0.5) is 11.8 Å². The predicted octanol–water partition coefficient (Wildman–Crippen LogP) is 2.77. The number of nitrogens with one attached hydrogen (secondary N) is 1. The molecule has 1 aliphatic rings. The zero-order chi connectivity index (χ0) is 12.3. The lowest BCUT2D eigenvalue weighted by Crippen LogP contribution is -2.15. The van der Waals surface area contributed by atoms with Crippen molar-refractivity contribution in [2.75, 3.05) is 18.1 Å². The fourth-order valence-corrected chi connectivity index (χ4v) is 3.66. The van der Waals surface area contributed by atoms with Crippen LogP contribution in [0.3, 0.4) is 0 Å². The number of nitrogens with two attached hydrogens (primary N) is 1. The van der Waals surface area contributed by atoms with Gasteiger partial charge in [0.05, 0.1) is 0 Å². The van der Waals surface area contributed by atoms with Crippen LogP contribution in [0.1, 0.15) is 32.6 Å². The molecule has 3 N–H and O–H groups in total. The summed E-state index contributed by atoms with van der Waals surface area (Å²) in [5, 5.41) is 4.68. The van der Waals surface area contributed by atoms with Gasteiger partial charge in [0.25, 0.3) is 0 Å². The van der Waals surface area contributed by atoms with Crippen molar-refractivity contribution in [3.63, 3.8) is 0 Å². The molecule has 1 aliphatic carbocycles. The van der Waals surface area contributed by atoms with E-state index in [0.717, 1.165) is 16.8 Å². The lowest BCUT2D eigenvalue weighted by Gasteiger charge is -2.25. The second-order valence-electron chi connectivity index (χ2n) is 4.71. The molecule has 4 nitrogen and oxygen atoms in total. The van der Waals surface area contributed by atoms with Gasteiger partial charge in [-0.15, -0.1) is 11.8 Å². The minimum absolute atomic E-state index is 0.350. The molecule has 94 valence electrons. The van der Waals surface area contributed by atoms with Gasteiger partial charge in [0.1, 0.15) is 10.8 Å². The summed E-state index contributed by atoms with van der Waals surface area (Å²) in [4.78, 5) is 8.39. The number of hydrogen-bond donors (Lipinski definition) is 2. The average molecular weight is 252 g/mol. The van der Waals surface area contributed by atoms with E-state index < -0.39 is 0 Å². The van der Waals surface area contributed by atoms with E-state index in [1.807, 2.05) is 24.9 Å². The molecule has 0 bridgehead atoms. The Hall–Kier alpha value is -0.970. The molecule has 0 aliphatic heterocycles. The molecule has 1 saturated carbocycles. The minimum atomic E-state index is 0.350. The van der Waals surface area contributed by atoms with Crippen molar-refractivity contribution in [3.05, 3.63) is 6.07 Å². The van der Waals surface area contributed by atoms with Gasteiger partial charge >= 0.3 is 0 Å². The Kier molecular flexibility index (Phi) is 4.10. The second-order valence-corrected chi connectivity index (χ2v) is 6.03. The van der Waals surface area contributed by atoms with Crippen molar-refractivity contribution < 1.29 is 0 Å². The molecule has 0 aromatic carbocycles. The zero-order valence-electron chi connectivity index (χ0n) is 10.4. The molecule has 1 aromatic heterocycles. The molecule has 1 aromatic rings. The van der Waals surface area contributed by atoms with Crippen molar-refractivity contribution in [2.45, 2.75) is 42.9 Å². The molecule has 1 heterocycles. The van der Waals surface area contributed by atoms with Crippen LogP contribution in [-0.2, 0) is 0 Å². The fourth-order valence-electron chi connectivity index (χ4n) is 2.29. The SMILES string of the molecule is CNc1cc(SC2CCCC(C)C2)nc(N)n1. The van der Waals surface area contributed by atoms with Crippen molar-refractivity contribution in [1.29, 1.82) is 0 Å². The van der Waals surface area contributed by atoms with E-state index in [0.29, 0.717) is 11.2 Å². The van der Waals surface area contributed by atoms with Crippen molar-refractivity contribution in [3.8, 4) is 0 Å². The highest BCUT2D eigenvalue weighted by atomic mass is 32.2. The van der Waals surface area contributed by atoms with Crippen LogP contribution in [0.15, 0.2) is 11.1 Å². The van der Waals surface area contributed by atoms with Gasteiger partial charge < -0.3 is 11.1 Å². The lowest BCUT2D eigenvalue weighted by atomic mass is 9.91. The standard InChI is InChI=1S/C12H20N4S/c1-8-4-3-5-9(6-8)17-11-7-10(14-2)15-12(13)16-11/h7-9H,3-6H2,1-2H3,(H3,13,14,15,16). The van der Waals surface area contributed by atoms with Crippen LogP contribution >= 0.6 is 11.8 Å². The van der Waals surface area contributed by atoms with E-state index >= 15 is 0 Å². The quantitative estimate of drug-likeness (QED) is 0.810. The third-order valence-corrected chi connectivity index (χ3v) is 4.36. The van der Waals surface area contributed by atoms with E-state index in [4.69, 9.17) is 5.73 Å². The van der Waals surface area contributed by atoms with Gasteiger partial charge in [-0.2, -0.15) is 4.98 Å². The maximum absolute atomic E-state index is 5.69. The van der Waals surface area contributed by atoms with Gasteiger partial charge in [-0.05, 0) is 18.8 Å². The number of aromatic nitrogens is 2. The van der Waals surface area contributed by atoms with Crippen LogP contribution in [-0.4, -0.2) is 22.3 Å². The molecule has 2 unspecified atom stereocenters. The highest BCUT2D eigenvalue weighted by molar-refractivity contribution is 7.99. The molecule has 17 heavy (non-hydrogen) atoms. The fraction of sp³-hybridized carbons (Fsp3) is 0.667. The van der Waals surface area contributed by atoms with Gasteiger partial charge in [0.15, 0.2) is 0 Å². The Bertz CT molecular complexity index is 383. The molecule has 0 spiro atoms. The molecule has 0 saturated heterocycles. The van der Waals surface area contributed by atoms with Gasteiger partial charge in [-0.25, -0.2) is 4.98 Å². The zero-order valence-corrected chi connectivity index (χ0v) is 11.3. The Morgan fingerprint density at radius 2 is 2.24 bits per heavy atom. The van der Waals surface area contributed by atoms with Crippen LogP contribution < -0.4 is 11.1 Å². The Balaban J connectivity index is 2.04. The topological polar surface area (TPSA) is 63.8 Å². The summed E-state index contributed by atoms with van der Waals surface area (Å²) in [6.45, 7) is 2.33. The summed E-state index contributed by atoms with van der Waals surface area (Å²) in [7, 11) is 1.85. The molecule has 0 amide bonds. The number of hydrogen-bond acceptors (Lipinski definition) is 5. The lowest BCUT2D eigenvalue weighted by molar-refractivity contribution is 0.394. The second kappa shape index (κ2) is 5.58. The summed E-state index contributed by atoms with van der Waals surface area (Å²) in [6.07, 6.45) is 5.26. The molecule has 5 heteroatoms. The van der Waals surface area contributed by atoms with Crippen molar-refractivity contribution in [2.24, 2.45) is 5.92 Å². The first-order valence-corrected chi connectivity index (χ1v) is 7.04. The number of nitrogens with zero attached hydrogens (tertiary/aromatic N) is 2. The molecule has 2 rings (SSSR count). The highest BCUT2D eigenvalue weighted by Crippen LogP contribution is 2.35. The van der Waals surface area contributed by atoms with Crippen molar-refractivity contribution in [1.82, 2.24) is 9.97 Å². The predicted molar refractivity (Wildman–Crippen MR) is 73.3 cm³/mol. The Morgan fingerprint density at radius 3 is 2.94 bits per heavy atom. The summed E-state index contributed by atoms with van der Waals surface area (Å²) >= 11 is 1.84. The van der Waals surface area contributed by atoms with E-state index in [-0.39, 0.29) is 0 Å². The van der Waals surface area contributed by atoms with Gasteiger partial charge in [-0.3, -0.25) is 0 Å². The minimum Gasteiger partial charge on any atom is -0.373 e. The summed E-state index contributed by atoms with van der Waals surface area (Å²) in [5.41, 5.74) is 5.69. The molecule has 2 atom stereocenters. The number of nitrogen functional groups attached to an aromatic ring is 1. The summed E-state index contributed by atoms with van der Waals surface area (Å²) in [5.74, 6) is 1.98. The molecular weight excluding hydrogens is 232 g/mol. The first-order valence-electron chi connectivity index (χ1n) is 6.16. The van der Waals surface area contributed by atoms with Crippen LogP contribution in [0.25, 0.3) is 0 Å². The first-order chi connectivity index (χ1) is 8.17. The van der Waals surface area contributed by atoms with Gasteiger partial charge in [0, 0.05) is 18.4 Å². The van der Waals surface area contributed by atoms with Gasteiger partial charge in [0.2, 0.25) is 5.95 Å². The third kappa shape index (κ3) is 3.49. The number of thioether (sulfide) groups is 1. The normalized spacial score (nSPS) is 24.6. The Morgan fingerprint density at radius 1 is 1.41 bits per heavy atom. The largest absolute Gasteiger partial charge is 0.373 e. The maximum Gasteiger partial charge on any atom is 0.223 e. The average Bonchev–Trinajstić information content (AvgIpc) is 2.28. The van der Waals surface area contributed by atoms with Gasteiger partial charge in [-0.1, -0.05) is 19.8 Å². The van der Waals surface area contributed by atoms with Crippen molar-refractivity contribution >= 4 is 23.5 Å². The van der Waals surface area contributed by atoms with Crippen LogP contribution in [0.5, 0.6) is 0 Å². The highest BCUT2D eigenvalue weighted by Gasteiger charge is 2.20. The third-order valence-electron chi connectivity index (χ3n) is 3.15. The monoisotopic (exact) mass is 252 g/mol. The summed E-state index contributed by atoms with van der Waals surface area (Å²) in [6, 6.07) is 1.97.